The zero-order chi connectivity index (χ0) is 13.5. The Balaban J connectivity index is 2.71. The molecule has 1 aromatic carbocycles. The Morgan fingerprint density at radius 3 is 2.67 bits per heavy atom. The quantitative estimate of drug-likeness (QED) is 0.388. The van der Waals surface area contributed by atoms with E-state index in [-0.39, 0.29) is 0 Å². The second kappa shape index (κ2) is 7.38. The predicted octanol–water partition coefficient (Wildman–Crippen LogP) is 2.36. The molecule has 0 spiro atoms. The molecular formula is C13H21BrN4. The van der Waals surface area contributed by atoms with Crippen molar-refractivity contribution in [3.63, 3.8) is 0 Å². The monoisotopic (exact) mass is 312 g/mol. The number of rotatable bonds is 4. The van der Waals surface area contributed by atoms with Crippen LogP contribution < -0.4 is 11.3 Å². The molecule has 0 amide bonds. The highest BCUT2D eigenvalue weighted by Crippen LogP contribution is 2.17. The molecule has 0 saturated carbocycles. The number of nitrogens with one attached hydrogen (secondary N) is 1. The maximum atomic E-state index is 5.52. The first-order valence-electron chi connectivity index (χ1n) is 6.00. The number of hydrogen-bond acceptors (Lipinski definition) is 2. The molecule has 1 aromatic rings. The van der Waals surface area contributed by atoms with Crippen LogP contribution in [0.15, 0.2) is 33.7 Å². The van der Waals surface area contributed by atoms with E-state index in [9.17, 15) is 0 Å². The van der Waals surface area contributed by atoms with Crippen molar-refractivity contribution < 1.29 is 0 Å². The molecule has 1 rings (SSSR count). The van der Waals surface area contributed by atoms with Gasteiger partial charge in [0.05, 0.1) is 0 Å². The number of halogens is 1. The summed E-state index contributed by atoms with van der Waals surface area (Å²) < 4.78 is 1.09. The summed E-state index contributed by atoms with van der Waals surface area (Å²) in [7, 11) is 1.97. The third-order valence-corrected chi connectivity index (χ3v) is 3.24. The van der Waals surface area contributed by atoms with Gasteiger partial charge in [0.15, 0.2) is 0 Å². The van der Waals surface area contributed by atoms with E-state index < -0.39 is 0 Å². The maximum absolute atomic E-state index is 5.52. The summed E-state index contributed by atoms with van der Waals surface area (Å²) >= 11 is 3.54. The van der Waals surface area contributed by atoms with Crippen LogP contribution in [0.2, 0.25) is 0 Å². The molecule has 3 N–H and O–H groups in total. The fourth-order valence-electron chi connectivity index (χ4n) is 1.50. The minimum absolute atomic E-state index is 0.519. The largest absolute Gasteiger partial charge is 0.341 e. The number of guanidine groups is 1. The Morgan fingerprint density at radius 1 is 1.44 bits per heavy atom. The predicted molar refractivity (Wildman–Crippen MR) is 80.1 cm³/mol. The summed E-state index contributed by atoms with van der Waals surface area (Å²) in [5.74, 6) is 6.74. The second-order valence-electron chi connectivity index (χ2n) is 4.65. The molecule has 0 fully saturated rings. The topological polar surface area (TPSA) is 53.6 Å². The molecule has 0 saturated heterocycles. The Hall–Kier alpha value is -1.07. The summed E-state index contributed by atoms with van der Waals surface area (Å²) in [6.45, 7) is 5.78. The molecule has 0 heterocycles. The molecule has 0 atom stereocenters. The van der Waals surface area contributed by atoms with Crippen LogP contribution >= 0.6 is 15.9 Å². The van der Waals surface area contributed by atoms with Gasteiger partial charge in [-0.1, -0.05) is 48.0 Å². The van der Waals surface area contributed by atoms with Gasteiger partial charge in [0.1, 0.15) is 0 Å². The number of benzene rings is 1. The van der Waals surface area contributed by atoms with E-state index in [1.54, 1.807) is 0 Å². The Kier molecular flexibility index (Phi) is 6.15. The third kappa shape index (κ3) is 4.66. The number of aliphatic imine (C=N–C) groups is 1. The van der Waals surface area contributed by atoms with Crippen LogP contribution in [0, 0.1) is 5.92 Å². The molecule has 0 bridgehead atoms. The SMILES string of the molecule is CC(C)CN=C(NN)N(C)Cc1ccccc1Br. The van der Waals surface area contributed by atoms with E-state index >= 15 is 0 Å². The van der Waals surface area contributed by atoms with Crippen molar-refractivity contribution in [2.75, 3.05) is 13.6 Å². The van der Waals surface area contributed by atoms with Crippen LogP contribution in [0.1, 0.15) is 19.4 Å². The first kappa shape index (κ1) is 15.0. The van der Waals surface area contributed by atoms with Gasteiger partial charge < -0.3 is 4.90 Å². The summed E-state index contributed by atoms with van der Waals surface area (Å²) in [5.41, 5.74) is 3.86. The normalized spacial score (nSPS) is 11.8. The molecule has 0 aromatic heterocycles. The van der Waals surface area contributed by atoms with Gasteiger partial charge in [-0.05, 0) is 17.5 Å². The van der Waals surface area contributed by atoms with E-state index in [1.165, 1.54) is 5.56 Å². The van der Waals surface area contributed by atoms with Crippen LogP contribution in [0.25, 0.3) is 0 Å². The van der Waals surface area contributed by atoms with Crippen molar-refractivity contribution in [3.05, 3.63) is 34.3 Å². The Labute approximate surface area is 117 Å². The van der Waals surface area contributed by atoms with Gasteiger partial charge in [-0.2, -0.15) is 0 Å². The molecule has 4 nitrogen and oxygen atoms in total. The van der Waals surface area contributed by atoms with Crippen molar-refractivity contribution in [1.82, 2.24) is 10.3 Å². The molecule has 5 heteroatoms. The van der Waals surface area contributed by atoms with Gasteiger partial charge in [0.25, 0.3) is 0 Å². The molecule has 100 valence electrons. The smallest absolute Gasteiger partial charge is 0.208 e. The van der Waals surface area contributed by atoms with Gasteiger partial charge in [0, 0.05) is 24.6 Å². The summed E-state index contributed by atoms with van der Waals surface area (Å²) in [4.78, 5) is 6.46. The highest BCUT2D eigenvalue weighted by Gasteiger charge is 2.07. The molecule has 0 radical (unpaired) electrons. The van der Waals surface area contributed by atoms with Crippen molar-refractivity contribution in [1.29, 1.82) is 0 Å². The lowest BCUT2D eigenvalue weighted by Gasteiger charge is -2.21. The minimum Gasteiger partial charge on any atom is -0.341 e. The van der Waals surface area contributed by atoms with Gasteiger partial charge in [-0.15, -0.1) is 0 Å². The van der Waals surface area contributed by atoms with Gasteiger partial charge in [-0.3, -0.25) is 10.4 Å². The standard InChI is InChI=1S/C13H21BrN4/c1-10(2)8-16-13(17-15)18(3)9-11-6-4-5-7-12(11)14/h4-7,10H,8-9,15H2,1-3H3,(H,16,17). The lowest BCUT2D eigenvalue weighted by atomic mass is 10.2. The van der Waals surface area contributed by atoms with E-state index in [1.807, 2.05) is 30.1 Å². The van der Waals surface area contributed by atoms with Crippen LogP contribution in [0.4, 0.5) is 0 Å². The summed E-state index contributed by atoms with van der Waals surface area (Å²) in [6, 6.07) is 8.14. The fourth-order valence-corrected chi connectivity index (χ4v) is 1.91. The van der Waals surface area contributed by atoms with Crippen LogP contribution in [0.5, 0.6) is 0 Å². The summed E-state index contributed by atoms with van der Waals surface area (Å²) in [5, 5.41) is 0. The molecule has 0 aliphatic rings. The van der Waals surface area contributed by atoms with Crippen molar-refractivity contribution in [2.45, 2.75) is 20.4 Å². The van der Waals surface area contributed by atoms with Crippen LogP contribution in [-0.2, 0) is 6.54 Å². The first-order chi connectivity index (χ1) is 8.54. The van der Waals surface area contributed by atoms with Gasteiger partial charge >= 0.3 is 0 Å². The van der Waals surface area contributed by atoms with E-state index in [0.717, 1.165) is 17.6 Å². The number of hydrogen-bond donors (Lipinski definition) is 2. The lowest BCUT2D eigenvalue weighted by Crippen LogP contribution is -2.42. The number of nitrogens with two attached hydrogens (primary N) is 1. The zero-order valence-electron chi connectivity index (χ0n) is 11.2. The average Bonchev–Trinajstić information content (AvgIpc) is 2.32. The van der Waals surface area contributed by atoms with Gasteiger partial charge in [-0.25, -0.2) is 5.84 Å². The Bertz CT molecular complexity index is 404. The first-order valence-corrected chi connectivity index (χ1v) is 6.79. The van der Waals surface area contributed by atoms with Crippen molar-refractivity contribution >= 4 is 21.9 Å². The number of hydrazine groups is 1. The van der Waals surface area contributed by atoms with Crippen LogP contribution in [0.3, 0.4) is 0 Å². The maximum Gasteiger partial charge on any atom is 0.208 e. The third-order valence-electron chi connectivity index (χ3n) is 2.46. The fraction of sp³-hybridized carbons (Fsp3) is 0.462. The molecular weight excluding hydrogens is 292 g/mol. The van der Waals surface area contributed by atoms with Crippen molar-refractivity contribution in [2.24, 2.45) is 16.8 Å². The van der Waals surface area contributed by atoms with Crippen molar-refractivity contribution in [3.8, 4) is 0 Å². The minimum atomic E-state index is 0.519. The zero-order valence-corrected chi connectivity index (χ0v) is 12.7. The van der Waals surface area contributed by atoms with E-state index in [2.05, 4.69) is 46.3 Å². The molecule has 0 unspecified atom stereocenters. The highest BCUT2D eigenvalue weighted by atomic mass is 79.9. The number of nitrogens with zero attached hydrogens (tertiary/aromatic N) is 2. The molecule has 0 aliphatic heterocycles. The molecule has 18 heavy (non-hydrogen) atoms. The van der Waals surface area contributed by atoms with E-state index in [4.69, 9.17) is 5.84 Å². The van der Waals surface area contributed by atoms with Gasteiger partial charge in [0.2, 0.25) is 5.96 Å². The summed E-state index contributed by atoms with van der Waals surface area (Å²) in [6.07, 6.45) is 0. The van der Waals surface area contributed by atoms with Crippen LogP contribution in [-0.4, -0.2) is 24.5 Å². The highest BCUT2D eigenvalue weighted by molar-refractivity contribution is 9.10. The second-order valence-corrected chi connectivity index (χ2v) is 5.50. The Morgan fingerprint density at radius 2 is 2.11 bits per heavy atom. The van der Waals surface area contributed by atoms with E-state index in [0.29, 0.717) is 11.9 Å². The molecule has 0 aliphatic carbocycles. The lowest BCUT2D eigenvalue weighted by molar-refractivity contribution is 0.473. The average molecular weight is 313 g/mol.